The lowest BCUT2D eigenvalue weighted by Crippen LogP contribution is -2.73. The molecule has 11 heteroatoms. The number of amides is 1. The number of primary amides is 1. The third kappa shape index (κ3) is 4.05. The zero-order valence-corrected chi connectivity index (χ0v) is 23.0. The predicted molar refractivity (Wildman–Crippen MR) is 146 cm³/mol. The number of likely N-dealkylation sites (tertiary alicyclic amines) is 1. The molecule has 3 fully saturated rings. The average Bonchev–Trinajstić information content (AvgIpc) is 3.59. The molecule has 1 amide bonds. The lowest BCUT2D eigenvalue weighted by Gasteiger charge is -2.53. The number of hydrogen-bond donors (Lipinski definition) is 5. The maximum Gasteiger partial charge on any atom is 0.230 e. The molecular weight excluding hydrogens is 530 g/mol. The highest BCUT2D eigenvalue weighted by atomic mass is 16.3. The molecule has 41 heavy (non-hydrogen) atoms. The van der Waals surface area contributed by atoms with Crippen molar-refractivity contribution in [3.63, 3.8) is 0 Å². The summed E-state index contributed by atoms with van der Waals surface area (Å²) in [5, 5.41) is 45.0. The molecule has 1 saturated heterocycles. The molecule has 3 aliphatic carbocycles. The third-order valence-corrected chi connectivity index (χ3v) is 9.48. The highest BCUT2D eigenvalue weighted by Crippen LogP contribution is 2.53. The topological polar surface area (TPSA) is 178 Å². The molecule has 218 valence electrons. The van der Waals surface area contributed by atoms with Crippen molar-refractivity contribution in [2.24, 2.45) is 23.5 Å². The van der Waals surface area contributed by atoms with Gasteiger partial charge in [-0.15, -0.1) is 0 Å². The average molecular weight is 566 g/mol. The summed E-state index contributed by atoms with van der Waals surface area (Å²) >= 11 is 0. The summed E-state index contributed by atoms with van der Waals surface area (Å²) in [5.74, 6) is -6.27. The molecule has 6 atom stereocenters. The second-order valence-electron chi connectivity index (χ2n) is 12.0. The zero-order valence-electron chi connectivity index (χ0n) is 23.0. The van der Waals surface area contributed by atoms with Crippen molar-refractivity contribution >= 4 is 23.2 Å². The first-order chi connectivity index (χ1) is 19.4. The number of Topliss-reactive ketones (excluding diaryl/α,β-unsaturated/α-hetero) is 2. The van der Waals surface area contributed by atoms with Gasteiger partial charge in [-0.2, -0.15) is 0 Å². The van der Waals surface area contributed by atoms with Crippen LogP contribution in [0.2, 0.25) is 0 Å². The molecule has 0 radical (unpaired) electrons. The number of phenolic OH excluding ortho intramolecular Hbond substituents is 1. The van der Waals surface area contributed by atoms with Crippen molar-refractivity contribution in [3.8, 4) is 17.1 Å². The summed E-state index contributed by atoms with van der Waals surface area (Å²) in [6.07, 6.45) is 1.06. The van der Waals surface area contributed by atoms with E-state index < -0.39 is 58.7 Å². The first-order valence-corrected chi connectivity index (χ1v) is 14.0. The number of aliphatic hydroxyl groups is 3. The van der Waals surface area contributed by atoms with Crippen LogP contribution in [0.3, 0.4) is 0 Å². The minimum atomic E-state index is -2.68. The van der Waals surface area contributed by atoms with Gasteiger partial charge in [-0.05, 0) is 88.6 Å². The molecule has 2 heterocycles. The largest absolute Gasteiger partial charge is 0.507 e. The molecule has 0 bridgehead atoms. The number of aliphatic hydroxyl groups excluding tert-OH is 2. The number of carbonyl (C=O) groups excluding carboxylic acids is 3. The van der Waals surface area contributed by atoms with Crippen LogP contribution in [0.4, 0.5) is 0 Å². The number of furan rings is 1. The van der Waals surface area contributed by atoms with Crippen LogP contribution in [0, 0.1) is 17.8 Å². The number of benzene rings is 1. The quantitative estimate of drug-likeness (QED) is 0.328. The van der Waals surface area contributed by atoms with Gasteiger partial charge >= 0.3 is 0 Å². The van der Waals surface area contributed by atoms with Crippen LogP contribution >= 0.6 is 0 Å². The molecule has 2 saturated carbocycles. The Hall–Kier alpha value is -3.51. The number of ketones is 2. The van der Waals surface area contributed by atoms with Gasteiger partial charge in [0.2, 0.25) is 11.7 Å². The number of nitrogens with zero attached hydrogens (tertiary/aromatic N) is 2. The number of carbonyl (C=O) groups is 3. The standard InChI is InChI=1S/C30H35N3O8/c1-32(2)24-18-12-14-11-17-16(20-8-5-15(41-20)13-33-9-3-4-10-33)6-7-19(34)22(17)25(35)21(14)27(37)30(18,40)28(38)23(26(24)36)29(31)39/h5-8,14,18,23-24,26,34-36,40H,3-4,9-13H2,1-2H3,(H2,31,39)/t14-,18-,23?,24-,26?,30-/m0/s1. The van der Waals surface area contributed by atoms with Gasteiger partial charge in [0.1, 0.15) is 28.9 Å². The summed E-state index contributed by atoms with van der Waals surface area (Å²) < 4.78 is 6.19. The van der Waals surface area contributed by atoms with Crippen molar-refractivity contribution < 1.29 is 39.2 Å². The van der Waals surface area contributed by atoms with Gasteiger partial charge < -0.3 is 35.5 Å². The maximum atomic E-state index is 14.0. The van der Waals surface area contributed by atoms with Crippen LogP contribution in [0.5, 0.6) is 5.75 Å². The number of phenols is 1. The van der Waals surface area contributed by atoms with E-state index in [1.165, 1.54) is 6.07 Å². The molecule has 2 unspecified atom stereocenters. The van der Waals surface area contributed by atoms with Crippen LogP contribution in [-0.4, -0.2) is 92.6 Å². The summed E-state index contributed by atoms with van der Waals surface area (Å²) in [6.45, 7) is 2.71. The van der Waals surface area contributed by atoms with Gasteiger partial charge in [0.05, 0.1) is 18.2 Å². The van der Waals surface area contributed by atoms with Crippen molar-refractivity contribution in [1.82, 2.24) is 9.80 Å². The molecular formula is C30H35N3O8. The lowest BCUT2D eigenvalue weighted by atomic mass is 9.54. The SMILES string of the molecule is CN(C)[C@@H]1C(O)C(C(N)=O)C(=O)[C@@]2(O)C(=O)C3=C(O)c4c(O)ccc(-c5ccc(CN6CCCC6)o5)c4C[C@H]3C[C@@H]12. The third-order valence-electron chi connectivity index (χ3n) is 9.48. The molecule has 11 nitrogen and oxygen atoms in total. The fourth-order valence-corrected chi connectivity index (χ4v) is 7.60. The Morgan fingerprint density at radius 3 is 2.51 bits per heavy atom. The van der Waals surface area contributed by atoms with Crippen molar-refractivity contribution in [2.75, 3.05) is 27.2 Å². The van der Waals surface area contributed by atoms with Gasteiger partial charge in [-0.3, -0.25) is 19.3 Å². The van der Waals surface area contributed by atoms with Crippen LogP contribution in [0.15, 0.2) is 34.3 Å². The van der Waals surface area contributed by atoms with E-state index >= 15 is 0 Å². The number of hydrogen-bond acceptors (Lipinski definition) is 10. The van der Waals surface area contributed by atoms with Crippen LogP contribution in [0.1, 0.15) is 36.1 Å². The van der Waals surface area contributed by atoms with E-state index in [4.69, 9.17) is 10.2 Å². The van der Waals surface area contributed by atoms with Crippen LogP contribution in [-0.2, 0) is 27.3 Å². The van der Waals surface area contributed by atoms with Crippen molar-refractivity contribution in [1.29, 1.82) is 0 Å². The molecule has 1 aromatic heterocycles. The van der Waals surface area contributed by atoms with E-state index in [2.05, 4.69) is 4.90 Å². The summed E-state index contributed by atoms with van der Waals surface area (Å²) in [4.78, 5) is 43.5. The highest BCUT2D eigenvalue weighted by molar-refractivity contribution is 6.25. The zero-order chi connectivity index (χ0) is 29.4. The summed E-state index contributed by atoms with van der Waals surface area (Å²) in [7, 11) is 3.25. The van der Waals surface area contributed by atoms with Crippen molar-refractivity contribution in [2.45, 2.75) is 50.0 Å². The van der Waals surface area contributed by atoms with E-state index in [1.54, 1.807) is 25.1 Å². The molecule has 4 aliphatic rings. The molecule has 2 aromatic rings. The van der Waals surface area contributed by atoms with E-state index in [0.29, 0.717) is 23.4 Å². The fourth-order valence-electron chi connectivity index (χ4n) is 7.60. The highest BCUT2D eigenvalue weighted by Gasteiger charge is 2.67. The smallest absolute Gasteiger partial charge is 0.230 e. The van der Waals surface area contributed by atoms with E-state index in [1.807, 2.05) is 12.1 Å². The van der Waals surface area contributed by atoms with E-state index in [9.17, 15) is 34.8 Å². The van der Waals surface area contributed by atoms with Crippen LogP contribution in [0.25, 0.3) is 17.1 Å². The predicted octanol–water partition coefficient (Wildman–Crippen LogP) is 0.985. The van der Waals surface area contributed by atoms with Gasteiger partial charge in [-0.1, -0.05) is 0 Å². The van der Waals surface area contributed by atoms with Gasteiger partial charge in [0.15, 0.2) is 11.4 Å². The van der Waals surface area contributed by atoms with Crippen LogP contribution < -0.4 is 5.73 Å². The Morgan fingerprint density at radius 2 is 1.85 bits per heavy atom. The van der Waals surface area contributed by atoms with Crippen molar-refractivity contribution in [3.05, 3.63) is 46.7 Å². The normalized spacial score (nSPS) is 31.8. The van der Waals surface area contributed by atoms with E-state index in [0.717, 1.165) is 31.7 Å². The Balaban J connectivity index is 1.44. The number of aromatic hydroxyl groups is 1. The number of rotatable bonds is 5. The number of nitrogens with two attached hydrogens (primary N) is 1. The lowest BCUT2D eigenvalue weighted by molar-refractivity contribution is -0.184. The second kappa shape index (κ2) is 9.80. The number of likely N-dealkylation sites (N-methyl/N-ethyl adjacent to an activating group) is 1. The number of fused-ring (bicyclic) bond motifs is 3. The first-order valence-electron chi connectivity index (χ1n) is 14.0. The van der Waals surface area contributed by atoms with Gasteiger partial charge in [0.25, 0.3) is 0 Å². The molecule has 6 rings (SSSR count). The Morgan fingerprint density at radius 1 is 1.15 bits per heavy atom. The summed E-state index contributed by atoms with van der Waals surface area (Å²) in [6, 6.07) is 5.94. The first kappa shape index (κ1) is 27.6. The molecule has 1 aliphatic heterocycles. The monoisotopic (exact) mass is 565 g/mol. The second-order valence-corrected chi connectivity index (χ2v) is 12.0. The molecule has 0 spiro atoms. The Bertz CT molecular complexity index is 1470. The minimum absolute atomic E-state index is 0.0422. The maximum absolute atomic E-state index is 14.0. The van der Waals surface area contributed by atoms with Gasteiger partial charge in [0, 0.05) is 23.1 Å². The van der Waals surface area contributed by atoms with Gasteiger partial charge in [-0.25, -0.2) is 0 Å². The summed E-state index contributed by atoms with van der Waals surface area (Å²) in [5.41, 5.74) is 3.85. The fraction of sp³-hybridized carbons (Fsp3) is 0.500. The Labute approximate surface area is 236 Å². The molecule has 1 aromatic carbocycles. The van der Waals surface area contributed by atoms with E-state index in [-0.39, 0.29) is 29.7 Å². The minimum Gasteiger partial charge on any atom is -0.507 e. The molecule has 6 N–H and O–H groups in total. The Kier molecular flexibility index (Phi) is 6.61.